The van der Waals surface area contributed by atoms with Crippen molar-refractivity contribution in [3.63, 3.8) is 0 Å². The molecular formula is C22H33N3O9S. The van der Waals surface area contributed by atoms with E-state index in [0.717, 1.165) is 5.56 Å². The summed E-state index contributed by atoms with van der Waals surface area (Å²) in [7, 11) is 0. The van der Waals surface area contributed by atoms with E-state index < -0.39 is 35.0 Å². The Morgan fingerprint density at radius 3 is 2.51 bits per heavy atom. The van der Waals surface area contributed by atoms with E-state index in [1.54, 1.807) is 6.92 Å². The van der Waals surface area contributed by atoms with Gasteiger partial charge in [-0.1, -0.05) is 37.3 Å². The standard InChI is InChI=1S/C22H33N3O9S/c1-3-11-24(16-20(26)34-33-13-15-35-14-12-32-25(30)31)21(27)17(2)23-19(22(28)29)10-9-18-7-5-4-6-8-18/h4-8,17,19,23H,3,9-16H2,1-2H3,(H,28,29). The van der Waals surface area contributed by atoms with Gasteiger partial charge in [0.05, 0.1) is 6.04 Å². The highest BCUT2D eigenvalue weighted by Crippen LogP contribution is 2.08. The van der Waals surface area contributed by atoms with Crippen LogP contribution in [0.25, 0.3) is 0 Å². The summed E-state index contributed by atoms with van der Waals surface area (Å²) >= 11 is 1.32. The topological polar surface area (TPSA) is 158 Å². The van der Waals surface area contributed by atoms with Crippen molar-refractivity contribution in [2.45, 2.75) is 45.2 Å². The van der Waals surface area contributed by atoms with Crippen LogP contribution < -0.4 is 5.32 Å². The molecule has 0 spiro atoms. The lowest BCUT2D eigenvalue weighted by atomic mass is 10.0. The fourth-order valence-electron chi connectivity index (χ4n) is 3.07. The number of carboxylic acids is 1. The highest BCUT2D eigenvalue weighted by Gasteiger charge is 2.27. The van der Waals surface area contributed by atoms with Crippen molar-refractivity contribution in [3.05, 3.63) is 46.0 Å². The number of aliphatic carboxylic acids is 1. The van der Waals surface area contributed by atoms with Gasteiger partial charge in [0, 0.05) is 18.1 Å². The molecule has 12 nitrogen and oxygen atoms in total. The maximum Gasteiger partial charge on any atom is 0.361 e. The van der Waals surface area contributed by atoms with Gasteiger partial charge in [-0.25, -0.2) is 4.79 Å². The van der Waals surface area contributed by atoms with Gasteiger partial charge in [0.1, 0.15) is 25.8 Å². The fourth-order valence-corrected chi connectivity index (χ4v) is 3.66. The molecule has 0 bridgehead atoms. The number of benzene rings is 1. The Morgan fingerprint density at radius 1 is 1.20 bits per heavy atom. The Bertz CT molecular complexity index is 798. The summed E-state index contributed by atoms with van der Waals surface area (Å²) in [6.45, 7) is 3.37. The number of carboxylic acid groups (broad SMARTS) is 1. The van der Waals surface area contributed by atoms with Gasteiger partial charge in [-0.05, 0) is 31.7 Å². The zero-order valence-electron chi connectivity index (χ0n) is 19.9. The van der Waals surface area contributed by atoms with Gasteiger partial charge in [-0.15, -0.1) is 10.1 Å². The number of nitrogens with one attached hydrogen (secondary N) is 1. The Hall–Kier alpha value is -2.90. The Labute approximate surface area is 208 Å². The van der Waals surface area contributed by atoms with Crippen molar-refractivity contribution in [1.29, 1.82) is 0 Å². The number of amides is 1. The second-order valence-corrected chi connectivity index (χ2v) is 8.73. The normalized spacial score (nSPS) is 12.4. The maximum absolute atomic E-state index is 12.9. The summed E-state index contributed by atoms with van der Waals surface area (Å²) in [5.74, 6) is -1.44. The third-order valence-electron chi connectivity index (χ3n) is 4.70. The van der Waals surface area contributed by atoms with Crippen LogP contribution in [0.1, 0.15) is 32.3 Å². The van der Waals surface area contributed by atoms with Crippen LogP contribution in [0.2, 0.25) is 0 Å². The average Bonchev–Trinajstić information content (AvgIpc) is 2.82. The van der Waals surface area contributed by atoms with Crippen LogP contribution >= 0.6 is 11.8 Å². The van der Waals surface area contributed by atoms with Crippen LogP contribution in [0.15, 0.2) is 30.3 Å². The first-order valence-corrected chi connectivity index (χ1v) is 12.4. The Morgan fingerprint density at radius 2 is 1.89 bits per heavy atom. The molecule has 196 valence electrons. The van der Waals surface area contributed by atoms with Crippen LogP contribution in [-0.2, 0) is 35.4 Å². The minimum Gasteiger partial charge on any atom is -0.480 e. The predicted molar refractivity (Wildman–Crippen MR) is 128 cm³/mol. The monoisotopic (exact) mass is 515 g/mol. The van der Waals surface area contributed by atoms with Gasteiger partial charge < -0.3 is 14.8 Å². The lowest BCUT2D eigenvalue weighted by molar-refractivity contribution is -0.756. The third-order valence-corrected chi connectivity index (χ3v) is 5.61. The number of hydrogen-bond acceptors (Lipinski definition) is 10. The van der Waals surface area contributed by atoms with E-state index in [1.165, 1.54) is 16.7 Å². The van der Waals surface area contributed by atoms with Gasteiger partial charge in [-0.3, -0.25) is 19.8 Å². The second-order valence-electron chi connectivity index (χ2n) is 7.51. The molecule has 13 heteroatoms. The first kappa shape index (κ1) is 30.1. The SMILES string of the molecule is CCCN(CC(=O)OOCCSCCO[N+](=O)[O-])C(=O)C(C)NC(CCc1ccccc1)C(=O)O. The molecule has 0 aliphatic carbocycles. The van der Waals surface area contributed by atoms with E-state index in [4.69, 9.17) is 9.78 Å². The van der Waals surface area contributed by atoms with Crippen molar-refractivity contribution in [2.24, 2.45) is 0 Å². The highest BCUT2D eigenvalue weighted by atomic mass is 32.2. The van der Waals surface area contributed by atoms with Crippen molar-refractivity contribution in [3.8, 4) is 0 Å². The van der Waals surface area contributed by atoms with Crippen LogP contribution in [0, 0.1) is 10.1 Å². The fraction of sp³-hybridized carbons (Fsp3) is 0.591. The van der Waals surface area contributed by atoms with E-state index >= 15 is 0 Å². The molecule has 35 heavy (non-hydrogen) atoms. The summed E-state index contributed by atoms with van der Waals surface area (Å²) in [5, 5.41) is 21.6. The first-order chi connectivity index (χ1) is 16.7. The van der Waals surface area contributed by atoms with Gasteiger partial charge >= 0.3 is 11.9 Å². The van der Waals surface area contributed by atoms with Crippen molar-refractivity contribution >= 4 is 29.6 Å². The van der Waals surface area contributed by atoms with Gasteiger partial charge in [-0.2, -0.15) is 16.6 Å². The van der Waals surface area contributed by atoms with Gasteiger partial charge in [0.2, 0.25) is 5.91 Å². The molecule has 0 aromatic heterocycles. The molecule has 1 rings (SSSR count). The van der Waals surface area contributed by atoms with Gasteiger partial charge in [0.15, 0.2) is 0 Å². The van der Waals surface area contributed by atoms with E-state index in [0.29, 0.717) is 30.8 Å². The molecule has 1 aromatic rings. The zero-order chi connectivity index (χ0) is 26.1. The highest BCUT2D eigenvalue weighted by molar-refractivity contribution is 7.99. The number of nitrogens with zero attached hydrogens (tertiary/aromatic N) is 2. The van der Waals surface area contributed by atoms with Crippen LogP contribution in [-0.4, -0.2) is 82.8 Å². The van der Waals surface area contributed by atoms with E-state index in [9.17, 15) is 29.6 Å². The minimum absolute atomic E-state index is 0.0489. The quantitative estimate of drug-likeness (QED) is 0.120. The van der Waals surface area contributed by atoms with Crippen molar-refractivity contribution < 1.29 is 39.2 Å². The average molecular weight is 516 g/mol. The van der Waals surface area contributed by atoms with Crippen molar-refractivity contribution in [2.75, 3.05) is 37.8 Å². The number of hydrogen-bond donors (Lipinski definition) is 2. The molecular weight excluding hydrogens is 482 g/mol. The first-order valence-electron chi connectivity index (χ1n) is 11.2. The molecule has 1 amide bonds. The Kier molecular flexibility index (Phi) is 15.1. The summed E-state index contributed by atoms with van der Waals surface area (Å²) in [4.78, 5) is 61.7. The largest absolute Gasteiger partial charge is 0.480 e. The molecule has 0 heterocycles. The van der Waals surface area contributed by atoms with Crippen molar-refractivity contribution in [1.82, 2.24) is 10.2 Å². The molecule has 2 N–H and O–H groups in total. The van der Waals surface area contributed by atoms with Crippen LogP contribution in [0.4, 0.5) is 0 Å². The molecule has 1 aromatic carbocycles. The lowest BCUT2D eigenvalue weighted by Crippen LogP contribution is -2.52. The van der Waals surface area contributed by atoms with Crippen LogP contribution in [0.3, 0.4) is 0 Å². The third kappa shape index (κ3) is 13.5. The predicted octanol–water partition coefficient (Wildman–Crippen LogP) is 1.71. The molecule has 2 unspecified atom stereocenters. The number of aryl methyl sites for hydroxylation is 1. The number of carbonyl (C=O) groups is 3. The summed E-state index contributed by atoms with van der Waals surface area (Å²) in [6, 6.07) is 7.70. The summed E-state index contributed by atoms with van der Waals surface area (Å²) in [5.41, 5.74) is 0.998. The smallest absolute Gasteiger partial charge is 0.361 e. The summed E-state index contributed by atoms with van der Waals surface area (Å²) < 4.78 is 0. The lowest BCUT2D eigenvalue weighted by Gasteiger charge is -2.26. The molecule has 2 atom stereocenters. The number of carbonyl (C=O) groups excluding carboxylic acids is 2. The zero-order valence-corrected chi connectivity index (χ0v) is 20.7. The molecule has 0 saturated heterocycles. The summed E-state index contributed by atoms with van der Waals surface area (Å²) in [6.07, 6.45) is 1.43. The molecule has 0 saturated carbocycles. The Balaban J connectivity index is 2.45. The number of thioether (sulfide) groups is 1. The number of rotatable bonds is 19. The van der Waals surface area contributed by atoms with Crippen LogP contribution in [0.5, 0.6) is 0 Å². The van der Waals surface area contributed by atoms with E-state index in [1.807, 2.05) is 37.3 Å². The maximum atomic E-state index is 12.9. The van der Waals surface area contributed by atoms with E-state index in [2.05, 4.69) is 10.2 Å². The van der Waals surface area contributed by atoms with E-state index in [-0.39, 0.29) is 26.3 Å². The molecule has 0 aliphatic heterocycles. The minimum atomic E-state index is -1.06. The van der Waals surface area contributed by atoms with Gasteiger partial charge in [0.25, 0.3) is 5.09 Å². The molecule has 0 radical (unpaired) electrons. The molecule has 0 aliphatic rings. The molecule has 0 fully saturated rings. The second kappa shape index (κ2) is 17.5.